The van der Waals surface area contributed by atoms with Crippen molar-refractivity contribution < 1.29 is 14.7 Å². The standard InChI is InChI=1S/C16H19N3O3/c1-9(2)14(16(21)22)17-15(20)13-8-12(18-19-13)11-6-4-10(3)5-7-11/h4-9,14H,1-3H3,(H,17,20)(H,18,19)(H,21,22)/t14-/m1/s1. The molecule has 1 aromatic carbocycles. The molecule has 0 fully saturated rings. The highest BCUT2D eigenvalue weighted by Crippen LogP contribution is 2.18. The number of carboxylic acids is 1. The molecule has 0 radical (unpaired) electrons. The summed E-state index contributed by atoms with van der Waals surface area (Å²) in [6, 6.07) is 8.44. The summed E-state index contributed by atoms with van der Waals surface area (Å²) in [6.45, 7) is 5.47. The molecule has 6 nitrogen and oxygen atoms in total. The predicted molar refractivity (Wildman–Crippen MR) is 82.5 cm³/mol. The molecule has 0 spiro atoms. The van der Waals surface area contributed by atoms with E-state index in [9.17, 15) is 9.59 Å². The van der Waals surface area contributed by atoms with E-state index in [-0.39, 0.29) is 11.6 Å². The Labute approximate surface area is 128 Å². The van der Waals surface area contributed by atoms with Crippen LogP contribution in [0.4, 0.5) is 0 Å². The number of carbonyl (C=O) groups is 2. The van der Waals surface area contributed by atoms with Crippen LogP contribution in [0.5, 0.6) is 0 Å². The van der Waals surface area contributed by atoms with E-state index in [2.05, 4.69) is 15.5 Å². The van der Waals surface area contributed by atoms with Crippen molar-refractivity contribution >= 4 is 11.9 Å². The van der Waals surface area contributed by atoms with Crippen LogP contribution >= 0.6 is 0 Å². The van der Waals surface area contributed by atoms with Gasteiger partial charge in [-0.05, 0) is 18.9 Å². The minimum Gasteiger partial charge on any atom is -0.480 e. The maximum atomic E-state index is 12.1. The van der Waals surface area contributed by atoms with Crippen LogP contribution in [-0.2, 0) is 4.79 Å². The third-order valence-corrected chi connectivity index (χ3v) is 3.39. The van der Waals surface area contributed by atoms with Gasteiger partial charge in [-0.15, -0.1) is 0 Å². The van der Waals surface area contributed by atoms with Gasteiger partial charge in [0.25, 0.3) is 5.91 Å². The first kappa shape index (κ1) is 15.8. The number of benzene rings is 1. The maximum absolute atomic E-state index is 12.1. The van der Waals surface area contributed by atoms with Crippen LogP contribution in [0.15, 0.2) is 30.3 Å². The van der Waals surface area contributed by atoms with E-state index in [1.807, 2.05) is 31.2 Å². The molecule has 1 aromatic heterocycles. The largest absolute Gasteiger partial charge is 0.480 e. The molecular formula is C16H19N3O3. The van der Waals surface area contributed by atoms with E-state index >= 15 is 0 Å². The Morgan fingerprint density at radius 1 is 1.23 bits per heavy atom. The summed E-state index contributed by atoms with van der Waals surface area (Å²) in [6.07, 6.45) is 0. The van der Waals surface area contributed by atoms with Crippen molar-refractivity contribution in [2.75, 3.05) is 0 Å². The van der Waals surface area contributed by atoms with E-state index in [0.29, 0.717) is 5.69 Å². The number of nitrogens with one attached hydrogen (secondary N) is 2. The molecule has 0 unspecified atom stereocenters. The second-order valence-electron chi connectivity index (χ2n) is 5.57. The second-order valence-corrected chi connectivity index (χ2v) is 5.57. The zero-order valence-electron chi connectivity index (χ0n) is 12.8. The van der Waals surface area contributed by atoms with Crippen molar-refractivity contribution in [1.82, 2.24) is 15.5 Å². The monoisotopic (exact) mass is 301 g/mol. The normalized spacial score (nSPS) is 12.2. The molecule has 2 rings (SSSR count). The highest BCUT2D eigenvalue weighted by molar-refractivity contribution is 5.95. The summed E-state index contributed by atoms with van der Waals surface area (Å²) in [5.74, 6) is -1.74. The number of rotatable bonds is 5. The van der Waals surface area contributed by atoms with E-state index in [1.165, 1.54) is 0 Å². The third kappa shape index (κ3) is 3.52. The number of aromatic nitrogens is 2. The van der Waals surface area contributed by atoms with E-state index < -0.39 is 17.9 Å². The molecule has 0 bridgehead atoms. The van der Waals surface area contributed by atoms with Gasteiger partial charge in [0.1, 0.15) is 11.7 Å². The highest BCUT2D eigenvalue weighted by Gasteiger charge is 2.24. The van der Waals surface area contributed by atoms with Gasteiger partial charge in [-0.2, -0.15) is 5.10 Å². The Morgan fingerprint density at radius 3 is 2.41 bits per heavy atom. The zero-order chi connectivity index (χ0) is 16.3. The van der Waals surface area contributed by atoms with Crippen LogP contribution in [-0.4, -0.2) is 33.2 Å². The Kier molecular flexibility index (Phi) is 4.60. The summed E-state index contributed by atoms with van der Waals surface area (Å²) in [5.41, 5.74) is 2.90. The molecule has 0 saturated heterocycles. The molecule has 0 saturated carbocycles. The first-order valence-electron chi connectivity index (χ1n) is 7.04. The van der Waals surface area contributed by atoms with Crippen molar-refractivity contribution in [3.63, 3.8) is 0 Å². The Morgan fingerprint density at radius 2 is 1.86 bits per heavy atom. The number of hydrogen-bond donors (Lipinski definition) is 3. The van der Waals surface area contributed by atoms with Crippen LogP contribution in [0, 0.1) is 12.8 Å². The molecule has 0 aliphatic carbocycles. The van der Waals surface area contributed by atoms with Gasteiger partial charge < -0.3 is 10.4 Å². The van der Waals surface area contributed by atoms with Crippen LogP contribution in [0.25, 0.3) is 11.3 Å². The number of aromatic amines is 1. The van der Waals surface area contributed by atoms with Gasteiger partial charge in [0.05, 0.1) is 5.69 Å². The minimum atomic E-state index is -1.05. The van der Waals surface area contributed by atoms with Crippen LogP contribution in [0.2, 0.25) is 0 Å². The van der Waals surface area contributed by atoms with Crippen molar-refractivity contribution in [3.05, 3.63) is 41.6 Å². The fourth-order valence-electron chi connectivity index (χ4n) is 2.04. The number of H-pyrrole nitrogens is 1. The Bertz CT molecular complexity index is 674. The van der Waals surface area contributed by atoms with E-state index in [4.69, 9.17) is 5.11 Å². The molecule has 2 aromatic rings. The zero-order valence-corrected chi connectivity index (χ0v) is 12.8. The first-order chi connectivity index (χ1) is 10.4. The number of aliphatic carboxylic acids is 1. The number of hydrogen-bond acceptors (Lipinski definition) is 3. The van der Waals surface area contributed by atoms with Gasteiger partial charge in [0.15, 0.2) is 0 Å². The molecule has 22 heavy (non-hydrogen) atoms. The average molecular weight is 301 g/mol. The lowest BCUT2D eigenvalue weighted by Gasteiger charge is -2.17. The minimum absolute atomic E-state index is 0.207. The highest BCUT2D eigenvalue weighted by atomic mass is 16.4. The predicted octanol–water partition coefficient (Wildman–Crippen LogP) is 2.22. The van der Waals surface area contributed by atoms with Crippen molar-refractivity contribution in [1.29, 1.82) is 0 Å². The van der Waals surface area contributed by atoms with Crippen molar-refractivity contribution in [2.24, 2.45) is 5.92 Å². The topological polar surface area (TPSA) is 95.1 Å². The molecule has 1 amide bonds. The lowest BCUT2D eigenvalue weighted by atomic mass is 10.0. The number of carbonyl (C=O) groups excluding carboxylic acids is 1. The summed E-state index contributed by atoms with van der Waals surface area (Å²) >= 11 is 0. The maximum Gasteiger partial charge on any atom is 0.326 e. The van der Waals surface area contributed by atoms with E-state index in [1.54, 1.807) is 19.9 Å². The van der Waals surface area contributed by atoms with Gasteiger partial charge in [0, 0.05) is 5.56 Å². The Balaban J connectivity index is 2.15. The van der Waals surface area contributed by atoms with E-state index in [0.717, 1.165) is 11.1 Å². The van der Waals surface area contributed by atoms with Crippen LogP contribution in [0.3, 0.4) is 0 Å². The SMILES string of the molecule is Cc1ccc(-c2cc(C(=O)N[C@@H](C(=O)O)C(C)C)[nH]n2)cc1. The number of aryl methyl sites for hydroxylation is 1. The molecular weight excluding hydrogens is 282 g/mol. The third-order valence-electron chi connectivity index (χ3n) is 3.39. The van der Waals surface area contributed by atoms with Crippen molar-refractivity contribution in [2.45, 2.75) is 26.8 Å². The smallest absolute Gasteiger partial charge is 0.326 e. The lowest BCUT2D eigenvalue weighted by molar-refractivity contribution is -0.140. The summed E-state index contributed by atoms with van der Waals surface area (Å²) in [5, 5.41) is 18.4. The Hall–Kier alpha value is -2.63. The number of amides is 1. The van der Waals surface area contributed by atoms with Gasteiger partial charge in [-0.3, -0.25) is 9.89 Å². The molecule has 1 atom stereocenters. The molecule has 116 valence electrons. The quantitative estimate of drug-likeness (QED) is 0.789. The van der Waals surface area contributed by atoms with Gasteiger partial charge >= 0.3 is 5.97 Å². The number of carboxylic acid groups (broad SMARTS) is 1. The molecule has 6 heteroatoms. The fourth-order valence-corrected chi connectivity index (χ4v) is 2.04. The summed E-state index contributed by atoms with van der Waals surface area (Å²) in [4.78, 5) is 23.2. The number of nitrogens with zero attached hydrogens (tertiary/aromatic N) is 1. The lowest BCUT2D eigenvalue weighted by Crippen LogP contribution is -2.44. The molecule has 0 aliphatic rings. The van der Waals surface area contributed by atoms with Gasteiger partial charge in [-0.1, -0.05) is 43.7 Å². The van der Waals surface area contributed by atoms with Crippen molar-refractivity contribution in [3.8, 4) is 11.3 Å². The van der Waals surface area contributed by atoms with Crippen LogP contribution < -0.4 is 5.32 Å². The average Bonchev–Trinajstić information content (AvgIpc) is 2.94. The summed E-state index contributed by atoms with van der Waals surface area (Å²) < 4.78 is 0. The molecule has 3 N–H and O–H groups in total. The van der Waals surface area contributed by atoms with Crippen LogP contribution in [0.1, 0.15) is 29.9 Å². The fraction of sp³-hybridized carbons (Fsp3) is 0.312. The van der Waals surface area contributed by atoms with Gasteiger partial charge in [0.2, 0.25) is 0 Å². The second kappa shape index (κ2) is 6.43. The molecule has 1 heterocycles. The summed E-state index contributed by atoms with van der Waals surface area (Å²) in [7, 11) is 0. The first-order valence-corrected chi connectivity index (χ1v) is 7.04. The van der Waals surface area contributed by atoms with Gasteiger partial charge in [-0.25, -0.2) is 4.79 Å². The molecule has 0 aliphatic heterocycles.